The van der Waals surface area contributed by atoms with Crippen LogP contribution in [0.5, 0.6) is 0 Å². The first-order chi connectivity index (χ1) is 8.29. The van der Waals surface area contributed by atoms with E-state index in [9.17, 15) is 0 Å². The Morgan fingerprint density at radius 3 is 2.47 bits per heavy atom. The first-order valence-electron chi connectivity index (χ1n) is 6.33. The Morgan fingerprint density at radius 2 is 1.88 bits per heavy atom. The van der Waals surface area contributed by atoms with Gasteiger partial charge < -0.3 is 14.7 Å². The molecule has 0 saturated carbocycles. The molecular formula is C13H20BNO2. The number of aliphatic hydroxyl groups excluding tert-OH is 1. The lowest BCUT2D eigenvalue weighted by Crippen LogP contribution is -2.37. The first kappa shape index (κ1) is 12.5. The third-order valence-electron chi connectivity index (χ3n) is 3.29. The molecule has 0 radical (unpaired) electrons. The molecule has 0 aromatic heterocycles. The van der Waals surface area contributed by atoms with Crippen LogP contribution in [-0.2, 0) is 4.74 Å². The fourth-order valence-corrected chi connectivity index (χ4v) is 2.26. The maximum Gasteiger partial charge on any atom is 0.139 e. The highest BCUT2D eigenvalue weighted by Gasteiger charge is 2.19. The lowest BCUT2D eigenvalue weighted by atomic mass is 9.96. The second-order valence-electron chi connectivity index (χ2n) is 4.62. The van der Waals surface area contributed by atoms with Gasteiger partial charge in [-0.25, -0.2) is 0 Å². The molecule has 1 fully saturated rings. The van der Waals surface area contributed by atoms with Crippen molar-refractivity contribution in [3.63, 3.8) is 0 Å². The number of hydrogen-bond acceptors (Lipinski definition) is 3. The maximum atomic E-state index is 8.72. The molecule has 0 amide bonds. The molecule has 92 valence electrons. The summed E-state index contributed by atoms with van der Waals surface area (Å²) in [6, 6.07) is 8.68. The zero-order chi connectivity index (χ0) is 12.1. The lowest BCUT2D eigenvalue weighted by molar-refractivity contribution is 0.0159. The smallest absolute Gasteiger partial charge is 0.139 e. The van der Waals surface area contributed by atoms with Crippen LogP contribution in [0.25, 0.3) is 0 Å². The summed E-state index contributed by atoms with van der Waals surface area (Å²) < 4.78 is 5.56. The molecule has 0 aliphatic carbocycles. The SMILES string of the molecule is Bc1ccc(N2CCC(OCCO)CC2)cc1. The predicted molar refractivity (Wildman–Crippen MR) is 72.9 cm³/mol. The van der Waals surface area contributed by atoms with Gasteiger partial charge in [-0.1, -0.05) is 17.6 Å². The zero-order valence-electron chi connectivity index (χ0n) is 10.4. The van der Waals surface area contributed by atoms with Crippen molar-refractivity contribution in [3.05, 3.63) is 24.3 Å². The summed E-state index contributed by atoms with van der Waals surface area (Å²) in [4.78, 5) is 2.40. The van der Waals surface area contributed by atoms with Crippen LogP contribution in [0.2, 0.25) is 0 Å². The highest BCUT2D eigenvalue weighted by molar-refractivity contribution is 6.32. The van der Waals surface area contributed by atoms with Crippen LogP contribution < -0.4 is 10.4 Å². The molecule has 2 rings (SSSR count). The molecule has 1 heterocycles. The maximum absolute atomic E-state index is 8.72. The van der Waals surface area contributed by atoms with Crippen LogP contribution in [0.15, 0.2) is 24.3 Å². The first-order valence-corrected chi connectivity index (χ1v) is 6.33. The molecule has 17 heavy (non-hydrogen) atoms. The molecule has 0 spiro atoms. The van der Waals surface area contributed by atoms with Crippen molar-refractivity contribution in [2.75, 3.05) is 31.2 Å². The molecule has 0 bridgehead atoms. The number of anilines is 1. The number of piperidine rings is 1. The van der Waals surface area contributed by atoms with Gasteiger partial charge in [0.1, 0.15) is 7.85 Å². The van der Waals surface area contributed by atoms with Crippen LogP contribution in [-0.4, -0.2) is 45.4 Å². The van der Waals surface area contributed by atoms with Gasteiger partial charge >= 0.3 is 0 Å². The topological polar surface area (TPSA) is 32.7 Å². The number of rotatable bonds is 4. The molecule has 0 unspecified atom stereocenters. The lowest BCUT2D eigenvalue weighted by Gasteiger charge is -2.33. The average molecular weight is 233 g/mol. The van der Waals surface area contributed by atoms with E-state index in [0.717, 1.165) is 25.9 Å². The summed E-state index contributed by atoms with van der Waals surface area (Å²) >= 11 is 0. The van der Waals surface area contributed by atoms with Gasteiger partial charge in [0.2, 0.25) is 0 Å². The third-order valence-corrected chi connectivity index (χ3v) is 3.29. The van der Waals surface area contributed by atoms with Crippen LogP contribution in [0.1, 0.15) is 12.8 Å². The second kappa shape index (κ2) is 6.08. The Labute approximate surface area is 104 Å². The van der Waals surface area contributed by atoms with Gasteiger partial charge in [0.05, 0.1) is 19.3 Å². The van der Waals surface area contributed by atoms with E-state index in [4.69, 9.17) is 9.84 Å². The monoisotopic (exact) mass is 233 g/mol. The van der Waals surface area contributed by atoms with Crippen molar-refractivity contribution in [3.8, 4) is 0 Å². The summed E-state index contributed by atoms with van der Waals surface area (Å²) in [6.07, 6.45) is 2.42. The molecule has 0 atom stereocenters. The van der Waals surface area contributed by atoms with Gasteiger partial charge in [0.25, 0.3) is 0 Å². The van der Waals surface area contributed by atoms with Gasteiger partial charge in [-0.2, -0.15) is 0 Å². The number of aliphatic hydroxyl groups is 1. The third kappa shape index (κ3) is 3.48. The zero-order valence-corrected chi connectivity index (χ0v) is 10.4. The predicted octanol–water partition coefficient (Wildman–Crippen LogP) is -0.0773. The Balaban J connectivity index is 1.84. The second-order valence-corrected chi connectivity index (χ2v) is 4.62. The highest BCUT2D eigenvalue weighted by atomic mass is 16.5. The van der Waals surface area contributed by atoms with Crippen molar-refractivity contribution < 1.29 is 9.84 Å². The van der Waals surface area contributed by atoms with Gasteiger partial charge in [0.15, 0.2) is 0 Å². The number of hydrogen-bond donors (Lipinski definition) is 1. The van der Waals surface area contributed by atoms with E-state index in [0.29, 0.717) is 12.7 Å². The summed E-state index contributed by atoms with van der Waals surface area (Å²) in [5.41, 5.74) is 2.60. The summed E-state index contributed by atoms with van der Waals surface area (Å²) in [5.74, 6) is 0. The molecular weight excluding hydrogens is 213 g/mol. The molecule has 1 aromatic rings. The van der Waals surface area contributed by atoms with E-state index in [1.54, 1.807) is 0 Å². The Bertz CT molecular complexity index is 334. The van der Waals surface area contributed by atoms with Crippen molar-refractivity contribution in [2.45, 2.75) is 18.9 Å². The number of nitrogens with zero attached hydrogens (tertiary/aromatic N) is 1. The molecule has 4 heteroatoms. The standard InChI is InChI=1S/C13H20BNO2/c14-11-1-3-12(4-2-11)15-7-5-13(6-8-15)17-10-9-16/h1-4,13,16H,5-10,14H2. The number of ether oxygens (including phenoxy) is 1. The molecule has 1 N–H and O–H groups in total. The van der Waals surface area contributed by atoms with E-state index >= 15 is 0 Å². The summed E-state index contributed by atoms with van der Waals surface area (Å²) in [6.45, 7) is 2.67. The van der Waals surface area contributed by atoms with Crippen molar-refractivity contribution >= 4 is 19.0 Å². The molecule has 1 aliphatic heterocycles. The van der Waals surface area contributed by atoms with Gasteiger partial charge in [-0.15, -0.1) is 0 Å². The molecule has 1 aromatic carbocycles. The van der Waals surface area contributed by atoms with Crippen molar-refractivity contribution in [1.82, 2.24) is 0 Å². The quantitative estimate of drug-likeness (QED) is 0.738. The normalized spacial score (nSPS) is 17.4. The van der Waals surface area contributed by atoms with E-state index in [1.807, 2.05) is 0 Å². The largest absolute Gasteiger partial charge is 0.394 e. The number of benzene rings is 1. The van der Waals surface area contributed by atoms with E-state index in [1.165, 1.54) is 11.2 Å². The van der Waals surface area contributed by atoms with E-state index < -0.39 is 0 Å². The van der Waals surface area contributed by atoms with E-state index in [-0.39, 0.29) is 6.61 Å². The fourth-order valence-electron chi connectivity index (χ4n) is 2.26. The van der Waals surface area contributed by atoms with Crippen LogP contribution in [0.4, 0.5) is 5.69 Å². The average Bonchev–Trinajstić information content (AvgIpc) is 2.38. The minimum Gasteiger partial charge on any atom is -0.394 e. The van der Waals surface area contributed by atoms with Crippen molar-refractivity contribution in [1.29, 1.82) is 0 Å². The minimum absolute atomic E-state index is 0.123. The Hall–Kier alpha value is -0.995. The summed E-state index contributed by atoms with van der Waals surface area (Å²) in [5, 5.41) is 8.72. The van der Waals surface area contributed by atoms with Gasteiger partial charge in [-0.3, -0.25) is 0 Å². The van der Waals surface area contributed by atoms with Crippen LogP contribution in [0, 0.1) is 0 Å². The van der Waals surface area contributed by atoms with Gasteiger partial charge in [-0.05, 0) is 25.0 Å². The molecule has 1 aliphatic rings. The minimum atomic E-state index is 0.123. The fraction of sp³-hybridized carbons (Fsp3) is 0.538. The molecule has 3 nitrogen and oxygen atoms in total. The van der Waals surface area contributed by atoms with Crippen molar-refractivity contribution in [2.24, 2.45) is 0 Å². The Morgan fingerprint density at radius 1 is 1.24 bits per heavy atom. The van der Waals surface area contributed by atoms with Crippen LogP contribution in [0.3, 0.4) is 0 Å². The highest BCUT2D eigenvalue weighted by Crippen LogP contribution is 2.20. The summed E-state index contributed by atoms with van der Waals surface area (Å²) in [7, 11) is 2.11. The van der Waals surface area contributed by atoms with E-state index in [2.05, 4.69) is 37.0 Å². The molecule has 1 saturated heterocycles. The Kier molecular flexibility index (Phi) is 4.46. The van der Waals surface area contributed by atoms with Crippen LogP contribution >= 0.6 is 0 Å². The van der Waals surface area contributed by atoms with Gasteiger partial charge in [0, 0.05) is 18.8 Å².